The molecule has 0 saturated heterocycles. The Morgan fingerprint density at radius 3 is 2.25 bits per heavy atom. The summed E-state index contributed by atoms with van der Waals surface area (Å²) in [6.07, 6.45) is -0.331. The van der Waals surface area contributed by atoms with E-state index in [1.807, 2.05) is 0 Å². The second-order valence-electron chi connectivity index (χ2n) is 7.45. The van der Waals surface area contributed by atoms with Gasteiger partial charge >= 0.3 is 12.0 Å². The fraction of sp³-hybridized carbons (Fsp3) is 0.333. The van der Waals surface area contributed by atoms with E-state index >= 15 is 0 Å². The topological polar surface area (TPSA) is 86.3 Å². The average Bonchev–Trinajstić information content (AvgIpc) is 2.77. The van der Waals surface area contributed by atoms with E-state index in [0.29, 0.717) is 39.8 Å². The van der Waals surface area contributed by atoms with Crippen LogP contribution in [0.2, 0.25) is 0 Å². The van der Waals surface area contributed by atoms with Crippen LogP contribution in [0.15, 0.2) is 53.7 Å². The monoisotopic (exact) mass is 440 g/mol. The molecule has 32 heavy (non-hydrogen) atoms. The maximum atomic E-state index is 13.2. The van der Waals surface area contributed by atoms with Crippen molar-refractivity contribution in [2.45, 2.75) is 32.9 Å². The van der Waals surface area contributed by atoms with Gasteiger partial charge in [-0.15, -0.1) is 0 Å². The third-order valence-corrected chi connectivity index (χ3v) is 5.12. The molecule has 1 aliphatic rings. The molecule has 0 unspecified atom stereocenters. The highest BCUT2D eigenvalue weighted by molar-refractivity contribution is 6.03. The van der Waals surface area contributed by atoms with E-state index in [0.717, 1.165) is 0 Å². The van der Waals surface area contributed by atoms with Crippen LogP contribution in [0.25, 0.3) is 0 Å². The van der Waals surface area contributed by atoms with Crippen molar-refractivity contribution in [3.63, 3.8) is 0 Å². The van der Waals surface area contributed by atoms with Gasteiger partial charge in [-0.05, 0) is 51.1 Å². The number of rotatable bonds is 7. The molecular weight excluding hydrogens is 412 g/mol. The lowest BCUT2D eigenvalue weighted by atomic mass is 9.93. The zero-order valence-corrected chi connectivity index (χ0v) is 19.1. The lowest BCUT2D eigenvalue weighted by molar-refractivity contribution is -0.143. The van der Waals surface area contributed by atoms with E-state index in [1.165, 1.54) is 19.1 Å². The van der Waals surface area contributed by atoms with Crippen LogP contribution >= 0.6 is 0 Å². The van der Waals surface area contributed by atoms with Crippen molar-refractivity contribution in [2.75, 3.05) is 26.2 Å². The standard InChI is InChI=1S/C24H28N2O6/c1-14(2)32-23(27)20-15(3)26(16-10-12-17(29-4)13-11-16)24(28)25-21(20)18-8-7-9-19(30-5)22(18)31-6/h7-14,21H,1-6H3,(H,25,28)/t21-/m0/s1. The molecule has 0 aromatic heterocycles. The van der Waals surface area contributed by atoms with Gasteiger partial charge in [-0.3, -0.25) is 4.90 Å². The van der Waals surface area contributed by atoms with E-state index in [1.54, 1.807) is 70.3 Å². The molecule has 2 amide bonds. The maximum absolute atomic E-state index is 13.2. The number of hydrogen-bond donors (Lipinski definition) is 1. The quantitative estimate of drug-likeness (QED) is 0.649. The number of ether oxygens (including phenoxy) is 4. The van der Waals surface area contributed by atoms with Crippen LogP contribution in [0.3, 0.4) is 0 Å². The first-order chi connectivity index (χ1) is 15.3. The number of urea groups is 1. The number of nitrogens with one attached hydrogen (secondary N) is 1. The molecule has 3 rings (SSSR count). The summed E-state index contributed by atoms with van der Waals surface area (Å²) in [4.78, 5) is 27.8. The number of anilines is 1. The molecule has 0 aliphatic carbocycles. The smallest absolute Gasteiger partial charge is 0.338 e. The van der Waals surface area contributed by atoms with Crippen molar-refractivity contribution >= 4 is 17.7 Å². The Labute approximate surface area is 187 Å². The second-order valence-corrected chi connectivity index (χ2v) is 7.45. The number of para-hydroxylation sites is 1. The minimum absolute atomic E-state index is 0.306. The van der Waals surface area contributed by atoms with Crippen molar-refractivity contribution in [1.29, 1.82) is 0 Å². The number of carbonyl (C=O) groups is 2. The van der Waals surface area contributed by atoms with Crippen molar-refractivity contribution < 1.29 is 28.5 Å². The SMILES string of the molecule is COc1ccc(N2C(=O)N[C@@H](c3cccc(OC)c3OC)C(C(=O)OC(C)C)=C2C)cc1. The Hall–Kier alpha value is -3.68. The molecular formula is C24H28N2O6. The predicted molar refractivity (Wildman–Crippen MR) is 120 cm³/mol. The van der Waals surface area contributed by atoms with Gasteiger partial charge in [0.1, 0.15) is 5.75 Å². The minimum Gasteiger partial charge on any atom is -0.497 e. The summed E-state index contributed by atoms with van der Waals surface area (Å²) in [5.74, 6) is 1.06. The molecule has 0 radical (unpaired) electrons. The Balaban J connectivity index is 2.18. The number of esters is 1. The molecule has 0 spiro atoms. The molecule has 0 bridgehead atoms. The van der Waals surface area contributed by atoms with Crippen LogP contribution in [0.4, 0.5) is 10.5 Å². The number of benzene rings is 2. The molecule has 2 aromatic carbocycles. The van der Waals surface area contributed by atoms with Crippen LogP contribution < -0.4 is 24.4 Å². The Morgan fingerprint density at radius 1 is 1.00 bits per heavy atom. The molecule has 8 heteroatoms. The lowest BCUT2D eigenvalue weighted by Gasteiger charge is -2.36. The van der Waals surface area contributed by atoms with Gasteiger partial charge in [-0.2, -0.15) is 0 Å². The largest absolute Gasteiger partial charge is 0.497 e. The third kappa shape index (κ3) is 4.34. The van der Waals surface area contributed by atoms with Crippen molar-refractivity contribution in [3.8, 4) is 17.2 Å². The highest BCUT2D eigenvalue weighted by Crippen LogP contribution is 2.41. The van der Waals surface area contributed by atoms with E-state index in [4.69, 9.17) is 18.9 Å². The van der Waals surface area contributed by atoms with Crippen LogP contribution in [0.5, 0.6) is 17.2 Å². The molecule has 1 heterocycles. The first-order valence-corrected chi connectivity index (χ1v) is 10.2. The van der Waals surface area contributed by atoms with Crippen LogP contribution in [-0.4, -0.2) is 39.4 Å². The van der Waals surface area contributed by atoms with E-state index in [2.05, 4.69) is 5.32 Å². The summed E-state index contributed by atoms with van der Waals surface area (Å²) < 4.78 is 21.7. The minimum atomic E-state index is -0.784. The summed E-state index contributed by atoms with van der Waals surface area (Å²) in [7, 11) is 4.61. The summed E-state index contributed by atoms with van der Waals surface area (Å²) in [5.41, 5.74) is 1.94. The number of carbonyl (C=O) groups excluding carboxylic acids is 2. The molecule has 1 N–H and O–H groups in total. The number of methoxy groups -OCH3 is 3. The third-order valence-electron chi connectivity index (χ3n) is 5.12. The Kier molecular flexibility index (Phi) is 6.92. The van der Waals surface area contributed by atoms with Gasteiger partial charge in [0.25, 0.3) is 0 Å². The predicted octanol–water partition coefficient (Wildman–Crippen LogP) is 4.21. The highest BCUT2D eigenvalue weighted by Gasteiger charge is 2.39. The number of amides is 2. The summed E-state index contributed by atoms with van der Waals surface area (Å²) in [6.45, 7) is 5.27. The van der Waals surface area contributed by atoms with E-state index < -0.39 is 12.0 Å². The molecule has 2 aromatic rings. The average molecular weight is 440 g/mol. The summed E-state index contributed by atoms with van der Waals surface area (Å²) >= 11 is 0. The molecule has 170 valence electrons. The number of hydrogen-bond acceptors (Lipinski definition) is 6. The van der Waals surface area contributed by atoms with Gasteiger partial charge < -0.3 is 24.3 Å². The van der Waals surface area contributed by atoms with Gasteiger partial charge in [0, 0.05) is 11.3 Å². The van der Waals surface area contributed by atoms with Crippen LogP contribution in [0, 0.1) is 0 Å². The normalized spacial score (nSPS) is 16.0. The van der Waals surface area contributed by atoms with Crippen molar-refractivity contribution in [3.05, 3.63) is 59.3 Å². The van der Waals surface area contributed by atoms with Gasteiger partial charge in [0.05, 0.1) is 44.7 Å². The molecule has 0 fully saturated rings. The summed E-state index contributed by atoms with van der Waals surface area (Å²) in [5, 5.41) is 2.93. The van der Waals surface area contributed by atoms with E-state index in [-0.39, 0.29) is 12.1 Å². The fourth-order valence-electron chi connectivity index (χ4n) is 3.70. The number of allylic oxidation sites excluding steroid dienone is 1. The van der Waals surface area contributed by atoms with E-state index in [9.17, 15) is 9.59 Å². The second kappa shape index (κ2) is 9.64. The maximum Gasteiger partial charge on any atom is 0.338 e. The molecule has 8 nitrogen and oxygen atoms in total. The molecule has 0 saturated carbocycles. The first-order valence-electron chi connectivity index (χ1n) is 10.2. The van der Waals surface area contributed by atoms with Crippen LogP contribution in [-0.2, 0) is 9.53 Å². The lowest BCUT2D eigenvalue weighted by Crippen LogP contribution is -2.48. The van der Waals surface area contributed by atoms with Gasteiger partial charge in [-0.1, -0.05) is 12.1 Å². The zero-order valence-electron chi connectivity index (χ0n) is 19.1. The van der Waals surface area contributed by atoms with Crippen molar-refractivity contribution in [1.82, 2.24) is 5.32 Å². The van der Waals surface area contributed by atoms with Gasteiger partial charge in [0.2, 0.25) is 0 Å². The number of nitrogens with zero attached hydrogens (tertiary/aromatic N) is 1. The Morgan fingerprint density at radius 2 is 1.69 bits per heavy atom. The Bertz CT molecular complexity index is 1030. The fourth-order valence-corrected chi connectivity index (χ4v) is 3.70. The van der Waals surface area contributed by atoms with Crippen molar-refractivity contribution in [2.24, 2.45) is 0 Å². The first kappa shape index (κ1) is 23.0. The molecule has 1 atom stereocenters. The van der Waals surface area contributed by atoms with Gasteiger partial charge in [0.15, 0.2) is 11.5 Å². The van der Waals surface area contributed by atoms with Crippen LogP contribution in [0.1, 0.15) is 32.4 Å². The zero-order chi connectivity index (χ0) is 23.4. The summed E-state index contributed by atoms with van der Waals surface area (Å²) in [6, 6.07) is 11.1. The van der Waals surface area contributed by atoms with Gasteiger partial charge in [-0.25, -0.2) is 9.59 Å². The highest BCUT2D eigenvalue weighted by atomic mass is 16.5. The molecule has 1 aliphatic heterocycles.